The minimum absolute atomic E-state index is 0.0555. The summed E-state index contributed by atoms with van der Waals surface area (Å²) >= 11 is 5.83. The van der Waals surface area contributed by atoms with Gasteiger partial charge in [-0.2, -0.15) is 0 Å². The predicted octanol–water partition coefficient (Wildman–Crippen LogP) is 4.13. The van der Waals surface area contributed by atoms with Crippen molar-refractivity contribution in [2.24, 2.45) is 0 Å². The summed E-state index contributed by atoms with van der Waals surface area (Å²) in [6.45, 7) is 1.66. The van der Waals surface area contributed by atoms with E-state index in [2.05, 4.69) is 15.3 Å². The smallest absolute Gasteiger partial charge is 0.267 e. The molecule has 0 unspecified atom stereocenters. The molecule has 0 fully saturated rings. The summed E-state index contributed by atoms with van der Waals surface area (Å²) in [6, 6.07) is 13.5. The number of rotatable bonds is 3. The van der Waals surface area contributed by atoms with Crippen LogP contribution in [0.4, 0.5) is 10.1 Å². The van der Waals surface area contributed by atoms with Crippen LogP contribution in [0.15, 0.2) is 65.6 Å². The molecule has 0 radical (unpaired) electrons. The monoisotopic (exact) mass is 408 g/mol. The number of carbonyl (C=O) groups is 1. The maximum atomic E-state index is 14.3. The van der Waals surface area contributed by atoms with Crippen molar-refractivity contribution in [3.63, 3.8) is 0 Å². The molecule has 2 aromatic heterocycles. The van der Waals surface area contributed by atoms with E-state index in [-0.39, 0.29) is 11.2 Å². The summed E-state index contributed by atoms with van der Waals surface area (Å²) in [5, 5.41) is 3.36. The maximum absolute atomic E-state index is 14.3. The lowest BCUT2D eigenvalue weighted by atomic mass is 10.2. The van der Waals surface area contributed by atoms with Crippen LogP contribution in [-0.2, 0) is 0 Å². The lowest BCUT2D eigenvalue weighted by molar-refractivity contribution is 0.102. The Balaban J connectivity index is 1.76. The summed E-state index contributed by atoms with van der Waals surface area (Å²) in [5.74, 6) is -0.734. The molecule has 0 aliphatic rings. The number of carbonyl (C=O) groups excluding carboxylic acids is 1. The van der Waals surface area contributed by atoms with E-state index in [1.165, 1.54) is 34.9 Å². The van der Waals surface area contributed by atoms with Gasteiger partial charge >= 0.3 is 0 Å². The Morgan fingerprint density at radius 1 is 1.14 bits per heavy atom. The quantitative estimate of drug-likeness (QED) is 0.553. The van der Waals surface area contributed by atoms with Crippen molar-refractivity contribution in [1.29, 1.82) is 0 Å². The maximum Gasteiger partial charge on any atom is 0.267 e. The standard InChI is InChI=1S/C21H14ClFN4O2/c1-12-25-19-16(3-2-10-24-19)21(29)27(12)15-8-9-17(23)18(11-15)26-20(28)13-4-6-14(22)7-5-13/h2-11H,1H3,(H,26,28). The Kier molecular flexibility index (Phi) is 4.82. The SMILES string of the molecule is Cc1nc2ncccc2c(=O)n1-c1ccc(F)c(NC(=O)c2ccc(Cl)cc2)c1. The number of anilines is 1. The molecule has 2 aromatic carbocycles. The number of nitrogens with one attached hydrogen (secondary N) is 1. The Morgan fingerprint density at radius 2 is 1.90 bits per heavy atom. The first-order valence-electron chi connectivity index (χ1n) is 8.65. The fourth-order valence-electron chi connectivity index (χ4n) is 2.97. The molecule has 29 heavy (non-hydrogen) atoms. The molecule has 4 aromatic rings. The molecule has 144 valence electrons. The number of pyridine rings is 1. The van der Waals surface area contributed by atoms with Crippen molar-refractivity contribution in [1.82, 2.24) is 14.5 Å². The van der Waals surface area contributed by atoms with E-state index >= 15 is 0 Å². The van der Waals surface area contributed by atoms with Crippen molar-refractivity contribution >= 4 is 34.2 Å². The van der Waals surface area contributed by atoms with Gasteiger partial charge in [-0.1, -0.05) is 11.6 Å². The number of nitrogens with zero attached hydrogens (tertiary/aromatic N) is 3. The number of aromatic nitrogens is 3. The second kappa shape index (κ2) is 7.44. The van der Waals surface area contributed by atoms with Crippen LogP contribution >= 0.6 is 11.6 Å². The molecule has 0 spiro atoms. The average Bonchev–Trinajstić information content (AvgIpc) is 2.71. The second-order valence-corrected chi connectivity index (χ2v) is 6.74. The van der Waals surface area contributed by atoms with Crippen LogP contribution < -0.4 is 10.9 Å². The van der Waals surface area contributed by atoms with E-state index < -0.39 is 11.7 Å². The molecule has 0 saturated heterocycles. The van der Waals surface area contributed by atoms with Gasteiger partial charge in [0, 0.05) is 16.8 Å². The number of halogens is 2. The zero-order valence-corrected chi connectivity index (χ0v) is 15.9. The van der Waals surface area contributed by atoms with Gasteiger partial charge in [-0.25, -0.2) is 14.4 Å². The van der Waals surface area contributed by atoms with E-state index in [0.717, 1.165) is 0 Å². The van der Waals surface area contributed by atoms with Gasteiger partial charge in [0.1, 0.15) is 11.6 Å². The van der Waals surface area contributed by atoms with E-state index in [4.69, 9.17) is 11.6 Å². The molecule has 2 heterocycles. The zero-order valence-electron chi connectivity index (χ0n) is 15.2. The van der Waals surface area contributed by atoms with Crippen LogP contribution in [0, 0.1) is 12.7 Å². The summed E-state index contributed by atoms with van der Waals surface area (Å²) in [7, 11) is 0. The fraction of sp³-hybridized carbons (Fsp3) is 0.0476. The number of aryl methyl sites for hydroxylation is 1. The molecule has 0 bridgehead atoms. The van der Waals surface area contributed by atoms with Crippen LogP contribution in [0.25, 0.3) is 16.7 Å². The van der Waals surface area contributed by atoms with Crippen LogP contribution in [0.5, 0.6) is 0 Å². The molecule has 0 aliphatic heterocycles. The lowest BCUT2D eigenvalue weighted by Gasteiger charge is -2.13. The predicted molar refractivity (Wildman–Crippen MR) is 109 cm³/mol. The third kappa shape index (κ3) is 3.60. The molecule has 0 saturated carbocycles. The molecule has 8 heteroatoms. The summed E-state index contributed by atoms with van der Waals surface area (Å²) < 4.78 is 15.7. The van der Waals surface area contributed by atoms with Gasteiger partial charge in [-0.15, -0.1) is 0 Å². The van der Waals surface area contributed by atoms with Crippen LogP contribution in [0.1, 0.15) is 16.2 Å². The number of hydrogen-bond donors (Lipinski definition) is 1. The normalized spacial score (nSPS) is 10.9. The van der Waals surface area contributed by atoms with Gasteiger partial charge in [0.05, 0.1) is 16.8 Å². The molecular weight excluding hydrogens is 395 g/mol. The van der Waals surface area contributed by atoms with Gasteiger partial charge in [0.25, 0.3) is 11.5 Å². The molecule has 1 N–H and O–H groups in total. The van der Waals surface area contributed by atoms with Crippen LogP contribution in [-0.4, -0.2) is 20.4 Å². The second-order valence-electron chi connectivity index (χ2n) is 6.30. The minimum Gasteiger partial charge on any atom is -0.319 e. The minimum atomic E-state index is -0.628. The summed E-state index contributed by atoms with van der Waals surface area (Å²) in [6.07, 6.45) is 1.56. The topological polar surface area (TPSA) is 76.9 Å². The highest BCUT2D eigenvalue weighted by Gasteiger charge is 2.14. The first-order valence-corrected chi connectivity index (χ1v) is 9.03. The Labute approximate surface area is 169 Å². The Morgan fingerprint density at radius 3 is 2.66 bits per heavy atom. The average molecular weight is 409 g/mol. The third-order valence-corrected chi connectivity index (χ3v) is 4.63. The van der Waals surface area contributed by atoms with Gasteiger partial charge < -0.3 is 5.32 Å². The highest BCUT2D eigenvalue weighted by atomic mass is 35.5. The van der Waals surface area contributed by atoms with Crippen molar-refractivity contribution < 1.29 is 9.18 Å². The van der Waals surface area contributed by atoms with Crippen molar-refractivity contribution in [2.45, 2.75) is 6.92 Å². The van der Waals surface area contributed by atoms with Gasteiger partial charge in [-0.05, 0) is 61.5 Å². The molecule has 6 nitrogen and oxygen atoms in total. The number of amides is 1. The van der Waals surface area contributed by atoms with E-state index in [1.54, 1.807) is 37.4 Å². The molecule has 4 rings (SSSR count). The van der Waals surface area contributed by atoms with E-state index in [1.807, 2.05) is 0 Å². The lowest BCUT2D eigenvalue weighted by Crippen LogP contribution is -2.23. The Hall–Kier alpha value is -3.58. The van der Waals surface area contributed by atoms with Crippen molar-refractivity contribution in [3.8, 4) is 5.69 Å². The highest BCUT2D eigenvalue weighted by Crippen LogP contribution is 2.21. The number of benzene rings is 2. The first kappa shape index (κ1) is 18.8. The summed E-state index contributed by atoms with van der Waals surface area (Å²) in [4.78, 5) is 33.8. The first-order chi connectivity index (χ1) is 13.9. The fourth-order valence-corrected chi connectivity index (χ4v) is 3.10. The van der Waals surface area contributed by atoms with Gasteiger partial charge in [0.2, 0.25) is 0 Å². The summed E-state index contributed by atoms with van der Waals surface area (Å²) in [5.41, 5.74) is 0.649. The van der Waals surface area contributed by atoms with Crippen molar-refractivity contribution in [3.05, 3.63) is 93.4 Å². The van der Waals surface area contributed by atoms with Crippen LogP contribution in [0.2, 0.25) is 5.02 Å². The molecule has 1 amide bonds. The third-order valence-electron chi connectivity index (χ3n) is 4.37. The molecule has 0 aliphatic carbocycles. The van der Waals surface area contributed by atoms with E-state index in [9.17, 15) is 14.0 Å². The zero-order chi connectivity index (χ0) is 20.5. The van der Waals surface area contributed by atoms with Gasteiger partial charge in [0.15, 0.2) is 5.65 Å². The Bertz CT molecular complexity index is 1300. The molecular formula is C21H14ClFN4O2. The van der Waals surface area contributed by atoms with Gasteiger partial charge in [-0.3, -0.25) is 14.2 Å². The van der Waals surface area contributed by atoms with Crippen LogP contribution in [0.3, 0.4) is 0 Å². The number of hydrogen-bond acceptors (Lipinski definition) is 4. The van der Waals surface area contributed by atoms with E-state index in [0.29, 0.717) is 33.1 Å². The molecule has 0 atom stereocenters. The highest BCUT2D eigenvalue weighted by molar-refractivity contribution is 6.30. The number of fused-ring (bicyclic) bond motifs is 1. The largest absolute Gasteiger partial charge is 0.319 e. The van der Waals surface area contributed by atoms with Crippen molar-refractivity contribution in [2.75, 3.05) is 5.32 Å².